The summed E-state index contributed by atoms with van der Waals surface area (Å²) in [5, 5.41) is 0. The van der Waals surface area contributed by atoms with Gasteiger partial charge in [0, 0.05) is 5.92 Å². The fourth-order valence-electron chi connectivity index (χ4n) is 2.37. The summed E-state index contributed by atoms with van der Waals surface area (Å²) in [6.45, 7) is 4.37. The molecule has 0 amide bonds. The molecule has 1 aliphatic rings. The van der Waals surface area contributed by atoms with Crippen molar-refractivity contribution in [1.29, 1.82) is 0 Å². The molecule has 1 aromatic rings. The van der Waals surface area contributed by atoms with E-state index in [2.05, 4.69) is 19.1 Å². The molecule has 0 N–H and O–H groups in total. The van der Waals surface area contributed by atoms with E-state index in [9.17, 15) is 0 Å². The summed E-state index contributed by atoms with van der Waals surface area (Å²) < 4.78 is 5.67. The van der Waals surface area contributed by atoms with E-state index in [0.29, 0.717) is 5.92 Å². The molecule has 1 saturated carbocycles. The van der Waals surface area contributed by atoms with Crippen molar-refractivity contribution in [2.24, 2.45) is 5.92 Å². The Hall–Kier alpha value is -0.720. The van der Waals surface area contributed by atoms with Gasteiger partial charge in [0.25, 0.3) is 0 Å². The van der Waals surface area contributed by atoms with Crippen molar-refractivity contribution in [3.8, 4) is 0 Å². The lowest BCUT2D eigenvalue weighted by Gasteiger charge is -2.24. The molecule has 2 rings (SSSR count). The third kappa shape index (κ3) is 1.96. The van der Waals surface area contributed by atoms with Crippen LogP contribution in [0, 0.1) is 12.8 Å². The van der Waals surface area contributed by atoms with Crippen LogP contribution < -0.4 is 0 Å². The van der Waals surface area contributed by atoms with Crippen molar-refractivity contribution in [3.63, 3.8) is 0 Å². The highest BCUT2D eigenvalue weighted by Crippen LogP contribution is 2.36. The number of hydrogen-bond acceptors (Lipinski definition) is 1. The van der Waals surface area contributed by atoms with Crippen LogP contribution in [0.2, 0.25) is 0 Å². The maximum atomic E-state index is 5.67. The quantitative estimate of drug-likeness (QED) is 0.636. The maximum absolute atomic E-state index is 5.67. The van der Waals surface area contributed by atoms with Gasteiger partial charge >= 0.3 is 0 Å². The number of aryl methyl sites for hydroxylation is 1. The number of rotatable bonds is 1. The Morgan fingerprint density at radius 2 is 2.15 bits per heavy atom. The first-order valence-electron chi connectivity index (χ1n) is 5.32. The molecule has 0 saturated heterocycles. The highest BCUT2D eigenvalue weighted by atomic mass is 16.3. The van der Waals surface area contributed by atoms with Crippen molar-refractivity contribution >= 4 is 0 Å². The summed E-state index contributed by atoms with van der Waals surface area (Å²) in [4.78, 5) is 0. The van der Waals surface area contributed by atoms with Gasteiger partial charge < -0.3 is 4.42 Å². The van der Waals surface area contributed by atoms with Crippen LogP contribution in [0.3, 0.4) is 0 Å². The van der Waals surface area contributed by atoms with Crippen LogP contribution in [0.25, 0.3) is 0 Å². The normalized spacial score (nSPS) is 29.1. The predicted octanol–water partition coefficient (Wildman–Crippen LogP) is 3.88. The van der Waals surface area contributed by atoms with Crippen LogP contribution in [-0.2, 0) is 0 Å². The van der Waals surface area contributed by atoms with E-state index in [1.807, 2.05) is 6.92 Å². The fraction of sp³-hybridized carbons (Fsp3) is 0.667. The van der Waals surface area contributed by atoms with Gasteiger partial charge in [-0.2, -0.15) is 0 Å². The highest BCUT2D eigenvalue weighted by Gasteiger charge is 2.22. The van der Waals surface area contributed by atoms with Gasteiger partial charge in [0.1, 0.15) is 11.5 Å². The monoisotopic (exact) mass is 178 g/mol. The maximum Gasteiger partial charge on any atom is 0.107 e. The van der Waals surface area contributed by atoms with Gasteiger partial charge in [0.05, 0.1) is 0 Å². The topological polar surface area (TPSA) is 13.1 Å². The van der Waals surface area contributed by atoms with E-state index < -0.39 is 0 Å². The molecular formula is C12H18O. The molecule has 0 radical (unpaired) electrons. The average molecular weight is 178 g/mol. The van der Waals surface area contributed by atoms with E-state index >= 15 is 0 Å². The van der Waals surface area contributed by atoms with Gasteiger partial charge in [0.2, 0.25) is 0 Å². The largest absolute Gasteiger partial charge is 0.466 e. The molecule has 1 heterocycles. The molecule has 1 nitrogen and oxygen atoms in total. The summed E-state index contributed by atoms with van der Waals surface area (Å²) in [5.41, 5.74) is 0. The second kappa shape index (κ2) is 3.57. The van der Waals surface area contributed by atoms with Crippen LogP contribution in [0.4, 0.5) is 0 Å². The third-order valence-electron chi connectivity index (χ3n) is 3.10. The minimum atomic E-state index is 0.692. The van der Waals surface area contributed by atoms with Gasteiger partial charge in [-0.25, -0.2) is 0 Å². The van der Waals surface area contributed by atoms with Crippen molar-refractivity contribution in [2.75, 3.05) is 0 Å². The van der Waals surface area contributed by atoms with Crippen LogP contribution in [0.1, 0.15) is 50.0 Å². The molecule has 2 atom stereocenters. The molecular weight excluding hydrogens is 160 g/mol. The molecule has 0 spiro atoms. The van der Waals surface area contributed by atoms with Crippen molar-refractivity contribution in [2.45, 2.75) is 45.4 Å². The summed E-state index contributed by atoms with van der Waals surface area (Å²) in [7, 11) is 0. The molecule has 0 aromatic carbocycles. The Kier molecular flexibility index (Phi) is 2.43. The minimum Gasteiger partial charge on any atom is -0.466 e. The first-order valence-corrected chi connectivity index (χ1v) is 5.32. The number of hydrogen-bond donors (Lipinski definition) is 0. The molecule has 1 aliphatic carbocycles. The molecule has 1 heteroatoms. The standard InChI is InChI=1S/C12H18O/c1-9-4-3-5-11(8-9)12-7-6-10(2)13-12/h6-7,9,11H,3-5,8H2,1-2H3. The van der Waals surface area contributed by atoms with E-state index in [1.165, 1.54) is 31.4 Å². The van der Waals surface area contributed by atoms with Crippen LogP contribution in [-0.4, -0.2) is 0 Å². The Labute approximate surface area is 80.1 Å². The first kappa shape index (κ1) is 8.86. The minimum absolute atomic E-state index is 0.692. The van der Waals surface area contributed by atoms with Crippen LogP contribution in [0.15, 0.2) is 16.5 Å². The van der Waals surface area contributed by atoms with Gasteiger partial charge in [-0.15, -0.1) is 0 Å². The summed E-state index contributed by atoms with van der Waals surface area (Å²) >= 11 is 0. The van der Waals surface area contributed by atoms with Gasteiger partial charge in [-0.05, 0) is 37.8 Å². The lowest BCUT2D eigenvalue weighted by atomic mass is 9.81. The van der Waals surface area contributed by atoms with Crippen LogP contribution in [0.5, 0.6) is 0 Å². The summed E-state index contributed by atoms with van der Waals surface area (Å²) in [5.74, 6) is 3.83. The average Bonchev–Trinajstić information content (AvgIpc) is 2.52. The zero-order valence-electron chi connectivity index (χ0n) is 8.55. The van der Waals surface area contributed by atoms with E-state index in [1.54, 1.807) is 0 Å². The highest BCUT2D eigenvalue weighted by molar-refractivity contribution is 5.11. The SMILES string of the molecule is Cc1ccc(C2CCCC(C)C2)o1. The smallest absolute Gasteiger partial charge is 0.107 e. The Bertz CT molecular complexity index is 274. The summed E-state index contributed by atoms with van der Waals surface area (Å²) in [6, 6.07) is 4.23. The van der Waals surface area contributed by atoms with Crippen LogP contribution >= 0.6 is 0 Å². The van der Waals surface area contributed by atoms with Crippen molar-refractivity contribution in [1.82, 2.24) is 0 Å². The zero-order chi connectivity index (χ0) is 9.26. The molecule has 0 aliphatic heterocycles. The first-order chi connectivity index (χ1) is 6.25. The van der Waals surface area contributed by atoms with Gasteiger partial charge in [0.15, 0.2) is 0 Å². The lowest BCUT2D eigenvalue weighted by Crippen LogP contribution is -2.10. The fourth-order valence-corrected chi connectivity index (χ4v) is 2.37. The lowest BCUT2D eigenvalue weighted by molar-refractivity contribution is 0.306. The van der Waals surface area contributed by atoms with Gasteiger partial charge in [-0.1, -0.05) is 19.8 Å². The molecule has 1 aromatic heterocycles. The van der Waals surface area contributed by atoms with Crippen molar-refractivity contribution < 1.29 is 4.42 Å². The molecule has 1 fully saturated rings. The number of furan rings is 1. The molecule has 72 valence electrons. The Morgan fingerprint density at radius 3 is 2.77 bits per heavy atom. The van der Waals surface area contributed by atoms with Gasteiger partial charge in [-0.3, -0.25) is 0 Å². The molecule has 2 unspecified atom stereocenters. The molecule has 13 heavy (non-hydrogen) atoms. The Balaban J connectivity index is 2.08. The second-order valence-electron chi connectivity index (χ2n) is 4.42. The third-order valence-corrected chi connectivity index (χ3v) is 3.10. The second-order valence-corrected chi connectivity index (χ2v) is 4.42. The molecule has 0 bridgehead atoms. The van der Waals surface area contributed by atoms with E-state index in [4.69, 9.17) is 4.42 Å². The zero-order valence-corrected chi connectivity index (χ0v) is 8.55. The van der Waals surface area contributed by atoms with E-state index in [-0.39, 0.29) is 0 Å². The van der Waals surface area contributed by atoms with Crippen molar-refractivity contribution in [3.05, 3.63) is 23.7 Å². The summed E-state index contributed by atoms with van der Waals surface area (Å²) in [6.07, 6.45) is 5.39. The van der Waals surface area contributed by atoms with E-state index in [0.717, 1.165) is 11.7 Å². The Morgan fingerprint density at radius 1 is 1.31 bits per heavy atom. The predicted molar refractivity (Wildman–Crippen MR) is 53.8 cm³/mol.